The molecule has 0 saturated carbocycles. The maximum absolute atomic E-state index is 12.4. The molecule has 1 aliphatic heterocycles. The number of rotatable bonds is 4. The van der Waals surface area contributed by atoms with E-state index in [0.29, 0.717) is 23.7 Å². The lowest BCUT2D eigenvalue weighted by atomic mass is 10.1. The fraction of sp³-hybridized carbons (Fsp3) is 0.533. The smallest absolute Gasteiger partial charge is 0.293 e. The first-order valence-corrected chi connectivity index (χ1v) is 8.76. The lowest BCUT2D eigenvalue weighted by molar-refractivity contribution is 0.0936. The van der Waals surface area contributed by atoms with Crippen molar-refractivity contribution in [2.75, 3.05) is 18.0 Å². The van der Waals surface area contributed by atoms with Crippen LogP contribution in [0, 0.1) is 0 Å². The number of amides is 1. The molecule has 2 aromatic heterocycles. The van der Waals surface area contributed by atoms with Gasteiger partial charge in [-0.2, -0.15) is 0 Å². The average Bonchev–Trinajstić information content (AvgIpc) is 3.06. The summed E-state index contributed by atoms with van der Waals surface area (Å²) in [7, 11) is 1.71. The summed E-state index contributed by atoms with van der Waals surface area (Å²) >= 11 is 1.12. The number of nitrogens with one attached hydrogen (secondary N) is 1. The van der Waals surface area contributed by atoms with Crippen molar-refractivity contribution in [2.45, 2.75) is 32.2 Å². The zero-order valence-electron chi connectivity index (χ0n) is 13.7. The highest BCUT2D eigenvalue weighted by Crippen LogP contribution is 2.16. The van der Waals surface area contributed by atoms with Gasteiger partial charge in [-0.05, 0) is 30.8 Å². The van der Waals surface area contributed by atoms with Crippen LogP contribution in [0.25, 0.3) is 0 Å². The van der Waals surface area contributed by atoms with E-state index in [2.05, 4.69) is 19.9 Å². The lowest BCUT2D eigenvalue weighted by Crippen LogP contribution is -2.49. The minimum Gasteiger partial charge on any atom is -0.350 e. The van der Waals surface area contributed by atoms with Gasteiger partial charge in [0.05, 0.1) is 5.69 Å². The monoisotopic (exact) mass is 348 g/mol. The van der Waals surface area contributed by atoms with Crippen LogP contribution in [0.3, 0.4) is 0 Å². The number of carbonyl (C=O) groups is 1. The first-order valence-electron chi connectivity index (χ1n) is 7.98. The standard InChI is InChI=1S/C15H20N6O2S/c1-3-11-12(24-19-18-11)14(22)17-10-5-4-7-21(9-10)13-15(23)20(2)8-6-16-13/h6,8,10H,3-5,7,9H2,1-2H3,(H,17,22)/t10-/m1/s1. The molecule has 9 heteroatoms. The predicted molar refractivity (Wildman–Crippen MR) is 91.5 cm³/mol. The molecule has 0 radical (unpaired) electrons. The van der Waals surface area contributed by atoms with Crippen molar-refractivity contribution < 1.29 is 4.79 Å². The van der Waals surface area contributed by atoms with Crippen LogP contribution in [-0.4, -0.2) is 44.2 Å². The maximum Gasteiger partial charge on any atom is 0.293 e. The highest BCUT2D eigenvalue weighted by atomic mass is 32.1. The van der Waals surface area contributed by atoms with Crippen LogP contribution >= 0.6 is 11.5 Å². The van der Waals surface area contributed by atoms with E-state index < -0.39 is 0 Å². The Morgan fingerprint density at radius 2 is 2.33 bits per heavy atom. The second-order valence-corrected chi connectivity index (χ2v) is 6.58. The molecule has 0 aromatic carbocycles. The van der Waals surface area contributed by atoms with E-state index in [0.717, 1.165) is 36.6 Å². The quantitative estimate of drug-likeness (QED) is 0.869. The molecule has 2 aromatic rings. The molecular weight excluding hydrogens is 328 g/mol. The second kappa shape index (κ2) is 7.08. The number of carbonyl (C=O) groups excluding carboxylic acids is 1. The third-order valence-electron chi connectivity index (χ3n) is 4.15. The van der Waals surface area contributed by atoms with Gasteiger partial charge in [0.25, 0.3) is 11.5 Å². The summed E-state index contributed by atoms with van der Waals surface area (Å²) in [5.41, 5.74) is 0.605. The Morgan fingerprint density at radius 3 is 3.12 bits per heavy atom. The minimum absolute atomic E-state index is 0.0234. The molecule has 24 heavy (non-hydrogen) atoms. The van der Waals surface area contributed by atoms with Crippen LogP contribution in [0.15, 0.2) is 17.2 Å². The van der Waals surface area contributed by atoms with E-state index >= 15 is 0 Å². The molecule has 1 aliphatic rings. The summed E-state index contributed by atoms with van der Waals surface area (Å²) in [5.74, 6) is 0.301. The zero-order chi connectivity index (χ0) is 17.1. The molecule has 0 bridgehead atoms. The molecule has 0 unspecified atom stereocenters. The van der Waals surface area contributed by atoms with Crippen molar-refractivity contribution in [3.63, 3.8) is 0 Å². The lowest BCUT2D eigenvalue weighted by Gasteiger charge is -2.33. The fourth-order valence-corrected chi connectivity index (χ4v) is 3.51. The normalized spacial score (nSPS) is 17.8. The van der Waals surface area contributed by atoms with Gasteiger partial charge in [0.15, 0.2) is 5.82 Å². The van der Waals surface area contributed by atoms with Gasteiger partial charge in [0.2, 0.25) is 0 Å². The summed E-state index contributed by atoms with van der Waals surface area (Å²) in [5, 5.41) is 7.02. The van der Waals surface area contributed by atoms with Crippen LogP contribution in [0.1, 0.15) is 35.1 Å². The second-order valence-electron chi connectivity index (χ2n) is 5.83. The summed E-state index contributed by atoms with van der Waals surface area (Å²) in [6.07, 6.45) is 5.71. The fourth-order valence-electron chi connectivity index (χ4n) is 2.85. The number of piperidine rings is 1. The van der Waals surface area contributed by atoms with Crippen LogP contribution in [-0.2, 0) is 13.5 Å². The Bertz CT molecular complexity index is 786. The van der Waals surface area contributed by atoms with E-state index in [1.165, 1.54) is 4.57 Å². The number of aryl methyl sites for hydroxylation is 2. The predicted octanol–water partition coefficient (Wildman–Crippen LogP) is 0.593. The van der Waals surface area contributed by atoms with Gasteiger partial charge in [0.1, 0.15) is 4.88 Å². The minimum atomic E-state index is -0.136. The molecular formula is C15H20N6O2S. The van der Waals surface area contributed by atoms with Gasteiger partial charge in [-0.1, -0.05) is 11.4 Å². The summed E-state index contributed by atoms with van der Waals surface area (Å²) in [6, 6.07) is -0.0234. The number of aromatic nitrogens is 4. The summed E-state index contributed by atoms with van der Waals surface area (Å²) < 4.78 is 5.37. The van der Waals surface area contributed by atoms with Crippen LogP contribution < -0.4 is 15.8 Å². The maximum atomic E-state index is 12.4. The molecule has 0 spiro atoms. The third kappa shape index (κ3) is 3.30. The van der Waals surface area contributed by atoms with Crippen molar-refractivity contribution in [1.82, 2.24) is 24.5 Å². The topological polar surface area (TPSA) is 93.0 Å². The van der Waals surface area contributed by atoms with Gasteiger partial charge in [-0.25, -0.2) is 4.98 Å². The Balaban J connectivity index is 1.71. The van der Waals surface area contributed by atoms with Gasteiger partial charge in [-0.15, -0.1) is 5.10 Å². The Hall–Kier alpha value is -2.29. The van der Waals surface area contributed by atoms with Gasteiger partial charge < -0.3 is 14.8 Å². The molecule has 0 aliphatic carbocycles. The van der Waals surface area contributed by atoms with Crippen molar-refractivity contribution in [3.8, 4) is 0 Å². The van der Waals surface area contributed by atoms with E-state index in [1.54, 1.807) is 19.4 Å². The third-order valence-corrected chi connectivity index (χ3v) is 4.92. The first kappa shape index (κ1) is 16.6. The number of anilines is 1. The molecule has 1 atom stereocenters. The van der Waals surface area contributed by atoms with Crippen molar-refractivity contribution in [1.29, 1.82) is 0 Å². The van der Waals surface area contributed by atoms with Gasteiger partial charge in [0, 0.05) is 38.6 Å². The summed E-state index contributed by atoms with van der Waals surface area (Å²) in [4.78, 5) is 31.4. The molecule has 3 heterocycles. The highest BCUT2D eigenvalue weighted by Gasteiger charge is 2.26. The van der Waals surface area contributed by atoms with Gasteiger partial charge >= 0.3 is 0 Å². The number of hydrogen-bond donors (Lipinski definition) is 1. The zero-order valence-corrected chi connectivity index (χ0v) is 14.5. The van der Waals surface area contributed by atoms with Crippen molar-refractivity contribution in [3.05, 3.63) is 33.3 Å². The Morgan fingerprint density at radius 1 is 1.50 bits per heavy atom. The number of nitrogens with zero attached hydrogens (tertiary/aromatic N) is 5. The Kier molecular flexibility index (Phi) is 4.89. The SMILES string of the molecule is CCc1nnsc1C(=O)N[C@@H]1CCCN(c2nccn(C)c2=O)C1. The average molecular weight is 348 g/mol. The van der Waals surface area contributed by atoms with Crippen LogP contribution in [0.5, 0.6) is 0 Å². The molecule has 1 amide bonds. The molecule has 3 rings (SSSR count). The molecule has 1 fully saturated rings. The van der Waals surface area contributed by atoms with E-state index in [9.17, 15) is 9.59 Å². The molecule has 8 nitrogen and oxygen atoms in total. The first-order chi connectivity index (χ1) is 11.6. The summed E-state index contributed by atoms with van der Waals surface area (Å²) in [6.45, 7) is 3.29. The van der Waals surface area contributed by atoms with E-state index in [-0.39, 0.29) is 17.5 Å². The Labute approximate surface area is 143 Å². The molecule has 128 valence electrons. The van der Waals surface area contributed by atoms with Crippen molar-refractivity contribution >= 4 is 23.3 Å². The highest BCUT2D eigenvalue weighted by molar-refractivity contribution is 7.08. The van der Waals surface area contributed by atoms with Crippen LogP contribution in [0.4, 0.5) is 5.82 Å². The van der Waals surface area contributed by atoms with Crippen molar-refractivity contribution in [2.24, 2.45) is 7.05 Å². The largest absolute Gasteiger partial charge is 0.350 e. The van der Waals surface area contributed by atoms with E-state index in [1.807, 2.05) is 11.8 Å². The molecule has 1 saturated heterocycles. The van der Waals surface area contributed by atoms with Crippen LogP contribution in [0.2, 0.25) is 0 Å². The van der Waals surface area contributed by atoms with E-state index in [4.69, 9.17) is 0 Å². The number of hydrogen-bond acceptors (Lipinski definition) is 7. The molecule has 1 N–H and O–H groups in total. The van der Waals surface area contributed by atoms with Gasteiger partial charge in [-0.3, -0.25) is 9.59 Å².